The summed E-state index contributed by atoms with van der Waals surface area (Å²) in [6.45, 7) is 1.86. The van der Waals surface area contributed by atoms with Gasteiger partial charge in [-0.3, -0.25) is 0 Å². The van der Waals surface area contributed by atoms with Crippen molar-refractivity contribution in [2.75, 3.05) is 0 Å². The Bertz CT molecular complexity index is 634. The van der Waals surface area contributed by atoms with E-state index >= 15 is 0 Å². The minimum absolute atomic E-state index is 0.230. The van der Waals surface area contributed by atoms with Crippen LogP contribution in [0.3, 0.4) is 0 Å². The zero-order valence-electron chi connectivity index (χ0n) is 12.1. The number of rotatable bonds is 4. The van der Waals surface area contributed by atoms with E-state index in [-0.39, 0.29) is 11.1 Å². The van der Waals surface area contributed by atoms with E-state index in [1.54, 1.807) is 42.5 Å². The highest BCUT2D eigenvalue weighted by molar-refractivity contribution is 5.92. The maximum absolute atomic E-state index is 11.8. The minimum atomic E-state index is -0.776. The molecule has 22 heavy (non-hydrogen) atoms. The summed E-state index contributed by atoms with van der Waals surface area (Å²) in [5, 5.41) is 9.68. The molecule has 5 heteroatoms. The van der Waals surface area contributed by atoms with Crippen LogP contribution in [-0.2, 0) is 9.78 Å². The SMILES string of the molecule is CCC(O)c1ccc(C(=O)OOC(=O)c2ccccc2)cc1. The van der Waals surface area contributed by atoms with Crippen molar-refractivity contribution in [3.8, 4) is 0 Å². The van der Waals surface area contributed by atoms with Crippen LogP contribution in [0.2, 0.25) is 0 Å². The first-order chi connectivity index (χ1) is 10.6. The Hall–Kier alpha value is -2.66. The highest BCUT2D eigenvalue weighted by Crippen LogP contribution is 2.17. The van der Waals surface area contributed by atoms with Crippen molar-refractivity contribution in [1.82, 2.24) is 0 Å². The van der Waals surface area contributed by atoms with Crippen LogP contribution < -0.4 is 0 Å². The van der Waals surface area contributed by atoms with Gasteiger partial charge in [-0.15, -0.1) is 0 Å². The molecule has 1 atom stereocenters. The molecule has 0 aliphatic carbocycles. The molecule has 0 bridgehead atoms. The topological polar surface area (TPSA) is 72.8 Å². The molecule has 0 aliphatic rings. The van der Waals surface area contributed by atoms with Gasteiger partial charge in [0.15, 0.2) is 0 Å². The molecule has 0 heterocycles. The van der Waals surface area contributed by atoms with E-state index in [2.05, 4.69) is 9.78 Å². The molecule has 0 amide bonds. The second-order valence-electron chi connectivity index (χ2n) is 4.65. The zero-order valence-corrected chi connectivity index (χ0v) is 12.1. The van der Waals surface area contributed by atoms with Crippen molar-refractivity contribution in [2.24, 2.45) is 0 Å². The molecule has 114 valence electrons. The van der Waals surface area contributed by atoms with Crippen LogP contribution in [0.5, 0.6) is 0 Å². The second-order valence-corrected chi connectivity index (χ2v) is 4.65. The number of hydrogen-bond acceptors (Lipinski definition) is 5. The van der Waals surface area contributed by atoms with Crippen molar-refractivity contribution >= 4 is 11.9 Å². The van der Waals surface area contributed by atoms with E-state index in [1.165, 1.54) is 12.1 Å². The first-order valence-corrected chi connectivity index (χ1v) is 6.88. The molecule has 0 radical (unpaired) electrons. The van der Waals surface area contributed by atoms with Gasteiger partial charge in [-0.1, -0.05) is 37.3 Å². The van der Waals surface area contributed by atoms with Gasteiger partial charge in [0.1, 0.15) is 0 Å². The summed E-state index contributed by atoms with van der Waals surface area (Å²) in [4.78, 5) is 32.4. The summed E-state index contributed by atoms with van der Waals surface area (Å²) in [6.07, 6.45) is 0.0133. The lowest BCUT2D eigenvalue weighted by atomic mass is 10.1. The monoisotopic (exact) mass is 300 g/mol. The number of aliphatic hydroxyl groups excluding tert-OH is 1. The van der Waals surface area contributed by atoms with Gasteiger partial charge in [-0.25, -0.2) is 19.4 Å². The summed E-state index contributed by atoms with van der Waals surface area (Å²) in [6, 6.07) is 14.5. The molecular formula is C17H16O5. The lowest BCUT2D eigenvalue weighted by Gasteiger charge is -2.08. The van der Waals surface area contributed by atoms with Crippen molar-refractivity contribution in [2.45, 2.75) is 19.4 Å². The standard InChI is InChI=1S/C17H16O5/c1-2-15(18)12-8-10-14(11-9-12)17(20)22-21-16(19)13-6-4-3-5-7-13/h3-11,15,18H,2H2,1H3. The van der Waals surface area contributed by atoms with E-state index in [9.17, 15) is 14.7 Å². The van der Waals surface area contributed by atoms with Gasteiger partial charge in [0, 0.05) is 0 Å². The molecule has 0 saturated heterocycles. The quantitative estimate of drug-likeness (QED) is 0.694. The molecule has 1 N–H and O–H groups in total. The molecule has 0 spiro atoms. The summed E-state index contributed by atoms with van der Waals surface area (Å²) in [5.41, 5.74) is 1.23. The Morgan fingerprint density at radius 2 is 1.41 bits per heavy atom. The third kappa shape index (κ3) is 3.93. The smallest absolute Gasteiger partial charge is 0.386 e. The van der Waals surface area contributed by atoms with E-state index in [0.717, 1.165) is 0 Å². The largest absolute Gasteiger partial charge is 0.388 e. The zero-order chi connectivity index (χ0) is 15.9. The minimum Gasteiger partial charge on any atom is -0.388 e. The summed E-state index contributed by atoms with van der Waals surface area (Å²) >= 11 is 0. The average Bonchev–Trinajstić information content (AvgIpc) is 2.59. The van der Waals surface area contributed by atoms with Crippen LogP contribution in [0, 0.1) is 0 Å². The van der Waals surface area contributed by atoms with E-state index < -0.39 is 18.0 Å². The fourth-order valence-corrected chi connectivity index (χ4v) is 1.82. The molecule has 0 saturated carbocycles. The van der Waals surface area contributed by atoms with Crippen LogP contribution in [0.1, 0.15) is 45.7 Å². The molecule has 0 fully saturated rings. The van der Waals surface area contributed by atoms with Crippen LogP contribution in [0.15, 0.2) is 54.6 Å². The van der Waals surface area contributed by atoms with Crippen molar-refractivity contribution < 1.29 is 24.5 Å². The van der Waals surface area contributed by atoms with Crippen molar-refractivity contribution in [3.63, 3.8) is 0 Å². The van der Waals surface area contributed by atoms with Gasteiger partial charge >= 0.3 is 11.9 Å². The predicted octanol–water partition coefficient (Wildman–Crippen LogP) is 3.06. The molecule has 2 aromatic carbocycles. The number of hydrogen-bond donors (Lipinski definition) is 1. The fraction of sp³-hybridized carbons (Fsp3) is 0.176. The second kappa shape index (κ2) is 7.38. The van der Waals surface area contributed by atoms with Gasteiger partial charge in [0.25, 0.3) is 0 Å². The van der Waals surface area contributed by atoms with Crippen molar-refractivity contribution in [1.29, 1.82) is 0 Å². The number of carbonyl (C=O) groups excluding carboxylic acids is 2. The molecular weight excluding hydrogens is 284 g/mol. The van der Waals surface area contributed by atoms with Crippen LogP contribution in [0.25, 0.3) is 0 Å². The number of aliphatic hydroxyl groups is 1. The lowest BCUT2D eigenvalue weighted by Crippen LogP contribution is -2.11. The molecule has 0 aromatic heterocycles. The van der Waals surface area contributed by atoms with Crippen molar-refractivity contribution in [3.05, 3.63) is 71.3 Å². The molecule has 0 aliphatic heterocycles. The Balaban J connectivity index is 1.94. The Labute approximate surface area is 128 Å². The summed E-state index contributed by atoms with van der Waals surface area (Å²) in [7, 11) is 0. The highest BCUT2D eigenvalue weighted by Gasteiger charge is 2.14. The molecule has 2 aromatic rings. The van der Waals surface area contributed by atoms with Gasteiger partial charge in [0.2, 0.25) is 0 Å². The third-order valence-corrected chi connectivity index (χ3v) is 3.12. The van der Waals surface area contributed by atoms with E-state index in [1.807, 2.05) is 6.92 Å². The van der Waals surface area contributed by atoms with E-state index in [4.69, 9.17) is 0 Å². The molecule has 2 rings (SSSR count). The predicted molar refractivity (Wildman–Crippen MR) is 79.0 cm³/mol. The maximum Gasteiger partial charge on any atom is 0.386 e. The fourth-order valence-electron chi connectivity index (χ4n) is 1.82. The molecule has 5 nitrogen and oxygen atoms in total. The van der Waals surface area contributed by atoms with Gasteiger partial charge < -0.3 is 5.11 Å². The summed E-state index contributed by atoms with van der Waals surface area (Å²) in [5.74, 6) is -1.52. The third-order valence-electron chi connectivity index (χ3n) is 3.12. The maximum atomic E-state index is 11.8. The van der Waals surface area contributed by atoms with Gasteiger partial charge in [0.05, 0.1) is 17.2 Å². The number of carbonyl (C=O) groups is 2. The van der Waals surface area contributed by atoms with Gasteiger partial charge in [-0.2, -0.15) is 0 Å². The highest BCUT2D eigenvalue weighted by atomic mass is 17.2. The first kappa shape index (κ1) is 15.7. The summed E-state index contributed by atoms with van der Waals surface area (Å²) < 4.78 is 0. The van der Waals surface area contributed by atoms with Crippen LogP contribution >= 0.6 is 0 Å². The van der Waals surface area contributed by atoms with Crippen LogP contribution in [0.4, 0.5) is 0 Å². The molecule has 1 unspecified atom stereocenters. The normalized spacial score (nSPS) is 11.5. The average molecular weight is 300 g/mol. The lowest BCUT2D eigenvalue weighted by molar-refractivity contribution is -0.187. The number of benzene rings is 2. The Morgan fingerprint density at radius 3 is 1.91 bits per heavy atom. The first-order valence-electron chi connectivity index (χ1n) is 6.88. The van der Waals surface area contributed by atoms with Gasteiger partial charge in [-0.05, 0) is 36.2 Å². The van der Waals surface area contributed by atoms with Crippen LogP contribution in [-0.4, -0.2) is 17.0 Å². The Morgan fingerprint density at radius 1 is 0.909 bits per heavy atom. The van der Waals surface area contributed by atoms with E-state index in [0.29, 0.717) is 12.0 Å². The Kier molecular flexibility index (Phi) is 5.27.